The monoisotopic (exact) mass is 354 g/mol. The normalized spacial score (nSPS) is 19.0. The maximum atomic E-state index is 12.4. The third kappa shape index (κ3) is 4.28. The molecule has 0 radical (unpaired) electrons. The highest BCUT2D eigenvalue weighted by molar-refractivity contribution is 7.89. The van der Waals surface area contributed by atoms with Gasteiger partial charge >= 0.3 is 6.61 Å². The van der Waals surface area contributed by atoms with Gasteiger partial charge in [-0.05, 0) is 18.2 Å². The van der Waals surface area contributed by atoms with Crippen LogP contribution in [0.3, 0.4) is 0 Å². The number of amides is 1. The lowest BCUT2D eigenvalue weighted by molar-refractivity contribution is -0.117. The Hall–Kier alpha value is -1.45. The van der Waals surface area contributed by atoms with Gasteiger partial charge in [-0.2, -0.15) is 8.78 Å². The molecular formula is C12H13ClF2N2O4S. The third-order valence-electron chi connectivity index (χ3n) is 3.10. The summed E-state index contributed by atoms with van der Waals surface area (Å²) in [6.45, 7) is -3.02. The standard InChI is InChI=1S/C12H13ClF2N2O4S/c13-8-1-2-10(21-12(14)15)9(4-8)17-5-7(3-11(17)18)6-22(16,19)20/h1-2,4,7,12H,3,5-6H2,(H2,16,19,20). The molecule has 0 aromatic heterocycles. The Bertz CT molecular complexity index is 684. The summed E-state index contributed by atoms with van der Waals surface area (Å²) in [6, 6.07) is 3.89. The average Bonchev–Trinajstić information content (AvgIpc) is 2.69. The van der Waals surface area contributed by atoms with E-state index in [-0.39, 0.29) is 35.2 Å². The number of alkyl halides is 2. The Kier molecular flexibility index (Phi) is 4.88. The Balaban J connectivity index is 2.27. The number of ether oxygens (including phenoxy) is 1. The van der Waals surface area contributed by atoms with E-state index in [1.54, 1.807) is 0 Å². The second kappa shape index (κ2) is 6.35. The molecule has 10 heteroatoms. The van der Waals surface area contributed by atoms with Crippen LogP contribution in [-0.4, -0.2) is 33.2 Å². The van der Waals surface area contributed by atoms with Gasteiger partial charge in [-0.15, -0.1) is 0 Å². The van der Waals surface area contributed by atoms with Crippen molar-refractivity contribution in [3.63, 3.8) is 0 Å². The highest BCUT2D eigenvalue weighted by Crippen LogP contribution is 2.36. The SMILES string of the molecule is NS(=O)(=O)CC1CC(=O)N(c2cc(Cl)ccc2OC(F)F)C1. The molecule has 0 saturated carbocycles. The van der Waals surface area contributed by atoms with Crippen LogP contribution in [0.2, 0.25) is 5.02 Å². The Labute approximate surface area is 130 Å². The fourth-order valence-corrected chi connectivity index (χ4v) is 3.40. The van der Waals surface area contributed by atoms with Crippen LogP contribution in [0.1, 0.15) is 6.42 Å². The van der Waals surface area contributed by atoms with Crippen LogP contribution in [0.25, 0.3) is 0 Å². The zero-order valence-electron chi connectivity index (χ0n) is 11.2. The van der Waals surface area contributed by atoms with E-state index >= 15 is 0 Å². The molecule has 1 amide bonds. The maximum absolute atomic E-state index is 12.4. The first-order valence-corrected chi connectivity index (χ1v) is 8.30. The Morgan fingerprint density at radius 2 is 2.14 bits per heavy atom. The Morgan fingerprint density at radius 1 is 1.45 bits per heavy atom. The summed E-state index contributed by atoms with van der Waals surface area (Å²) < 4.78 is 51.4. The van der Waals surface area contributed by atoms with Crippen LogP contribution < -0.4 is 14.8 Å². The van der Waals surface area contributed by atoms with E-state index in [1.165, 1.54) is 23.1 Å². The molecule has 6 nitrogen and oxygen atoms in total. The number of sulfonamides is 1. The summed E-state index contributed by atoms with van der Waals surface area (Å²) in [4.78, 5) is 13.2. The molecule has 1 atom stereocenters. The molecule has 2 rings (SSSR count). The number of nitrogens with zero attached hydrogens (tertiary/aromatic N) is 1. The second-order valence-corrected chi connectivity index (χ2v) is 6.99. The van der Waals surface area contributed by atoms with Crippen molar-refractivity contribution in [2.24, 2.45) is 11.1 Å². The number of carbonyl (C=O) groups is 1. The van der Waals surface area contributed by atoms with Gasteiger partial charge in [-0.25, -0.2) is 13.6 Å². The number of primary sulfonamides is 1. The van der Waals surface area contributed by atoms with Gasteiger partial charge in [-0.3, -0.25) is 4.79 Å². The molecule has 1 unspecified atom stereocenters. The summed E-state index contributed by atoms with van der Waals surface area (Å²) >= 11 is 5.83. The van der Waals surface area contributed by atoms with Gasteiger partial charge in [-0.1, -0.05) is 11.6 Å². The van der Waals surface area contributed by atoms with Crippen LogP contribution >= 0.6 is 11.6 Å². The van der Waals surface area contributed by atoms with Gasteiger partial charge in [0.25, 0.3) is 0 Å². The number of nitrogens with two attached hydrogens (primary N) is 1. The van der Waals surface area contributed by atoms with Gasteiger partial charge < -0.3 is 9.64 Å². The van der Waals surface area contributed by atoms with Crippen molar-refractivity contribution in [1.82, 2.24) is 0 Å². The van der Waals surface area contributed by atoms with Crippen LogP contribution in [-0.2, 0) is 14.8 Å². The first-order valence-electron chi connectivity index (χ1n) is 6.21. The van der Waals surface area contributed by atoms with Crippen molar-refractivity contribution < 1.29 is 26.7 Å². The summed E-state index contributed by atoms with van der Waals surface area (Å²) in [5, 5.41) is 5.20. The van der Waals surface area contributed by atoms with E-state index in [0.29, 0.717) is 0 Å². The number of halogens is 3. The molecular weight excluding hydrogens is 342 g/mol. The molecule has 1 fully saturated rings. The number of anilines is 1. The number of hydrogen-bond acceptors (Lipinski definition) is 4. The molecule has 1 aromatic rings. The van der Waals surface area contributed by atoms with Crippen molar-refractivity contribution in [2.45, 2.75) is 13.0 Å². The third-order valence-corrected chi connectivity index (χ3v) is 4.27. The summed E-state index contributed by atoms with van der Waals surface area (Å²) in [7, 11) is -3.73. The molecule has 1 aliphatic rings. The zero-order chi connectivity index (χ0) is 16.5. The molecule has 2 N–H and O–H groups in total. The maximum Gasteiger partial charge on any atom is 0.387 e. The first-order chi connectivity index (χ1) is 10.2. The van der Waals surface area contributed by atoms with E-state index in [9.17, 15) is 22.0 Å². The lowest BCUT2D eigenvalue weighted by Gasteiger charge is -2.20. The molecule has 0 aliphatic carbocycles. The van der Waals surface area contributed by atoms with Gasteiger partial charge in [0.15, 0.2) is 0 Å². The highest BCUT2D eigenvalue weighted by atomic mass is 35.5. The minimum Gasteiger partial charge on any atom is -0.433 e. The van der Waals surface area contributed by atoms with Crippen molar-refractivity contribution >= 4 is 33.2 Å². The number of hydrogen-bond donors (Lipinski definition) is 1. The van der Waals surface area contributed by atoms with E-state index in [1.807, 2.05) is 0 Å². The molecule has 1 heterocycles. The van der Waals surface area contributed by atoms with Crippen LogP contribution in [0.15, 0.2) is 18.2 Å². The molecule has 122 valence electrons. The quantitative estimate of drug-likeness (QED) is 0.869. The molecule has 0 bridgehead atoms. The number of rotatable bonds is 5. The van der Waals surface area contributed by atoms with Gasteiger partial charge in [0.05, 0.1) is 11.4 Å². The molecule has 1 aromatic carbocycles. The van der Waals surface area contributed by atoms with Crippen molar-refractivity contribution in [3.8, 4) is 5.75 Å². The summed E-state index contributed by atoms with van der Waals surface area (Å²) in [5.41, 5.74) is 0.0784. The molecule has 1 saturated heterocycles. The molecule has 0 spiro atoms. The lowest BCUT2D eigenvalue weighted by Crippen LogP contribution is -2.28. The van der Waals surface area contributed by atoms with Crippen LogP contribution in [0.4, 0.5) is 14.5 Å². The minimum absolute atomic E-state index is 0.0369. The summed E-state index contributed by atoms with van der Waals surface area (Å²) in [5.74, 6) is -1.49. The predicted octanol–water partition coefficient (Wildman–Crippen LogP) is 1.58. The highest BCUT2D eigenvalue weighted by Gasteiger charge is 2.34. The van der Waals surface area contributed by atoms with Crippen molar-refractivity contribution in [2.75, 3.05) is 17.2 Å². The lowest BCUT2D eigenvalue weighted by atomic mass is 10.1. The number of benzene rings is 1. The van der Waals surface area contributed by atoms with Gasteiger partial charge in [0.1, 0.15) is 5.75 Å². The first kappa shape index (κ1) is 16.9. The van der Waals surface area contributed by atoms with E-state index in [4.69, 9.17) is 16.7 Å². The fraction of sp³-hybridized carbons (Fsp3) is 0.417. The smallest absolute Gasteiger partial charge is 0.387 e. The van der Waals surface area contributed by atoms with E-state index in [2.05, 4.69) is 4.74 Å². The predicted molar refractivity (Wildman–Crippen MR) is 76.5 cm³/mol. The fourth-order valence-electron chi connectivity index (χ4n) is 2.35. The molecule has 22 heavy (non-hydrogen) atoms. The number of carbonyl (C=O) groups excluding carboxylic acids is 1. The van der Waals surface area contributed by atoms with Crippen molar-refractivity contribution in [3.05, 3.63) is 23.2 Å². The van der Waals surface area contributed by atoms with Crippen LogP contribution in [0.5, 0.6) is 5.75 Å². The Morgan fingerprint density at radius 3 is 2.73 bits per heavy atom. The van der Waals surface area contributed by atoms with Gasteiger partial charge in [0, 0.05) is 23.9 Å². The van der Waals surface area contributed by atoms with Crippen molar-refractivity contribution in [1.29, 1.82) is 0 Å². The van der Waals surface area contributed by atoms with Gasteiger partial charge in [0.2, 0.25) is 15.9 Å². The zero-order valence-corrected chi connectivity index (χ0v) is 12.8. The second-order valence-electron chi connectivity index (χ2n) is 4.89. The topological polar surface area (TPSA) is 89.7 Å². The van der Waals surface area contributed by atoms with E-state index < -0.39 is 28.5 Å². The van der Waals surface area contributed by atoms with Crippen LogP contribution in [0, 0.1) is 5.92 Å². The molecule has 1 aliphatic heterocycles. The van der Waals surface area contributed by atoms with E-state index in [0.717, 1.165) is 0 Å². The minimum atomic E-state index is -3.73. The largest absolute Gasteiger partial charge is 0.433 e. The average molecular weight is 355 g/mol. The summed E-state index contributed by atoms with van der Waals surface area (Å²) in [6.07, 6.45) is -0.0446.